The summed E-state index contributed by atoms with van der Waals surface area (Å²) >= 11 is 0. The third kappa shape index (κ3) is 4.91. The number of sulfonamides is 1. The second kappa shape index (κ2) is 9.33. The van der Waals surface area contributed by atoms with E-state index in [4.69, 9.17) is 0 Å². The van der Waals surface area contributed by atoms with Gasteiger partial charge in [0, 0.05) is 37.6 Å². The fourth-order valence-electron chi connectivity index (χ4n) is 3.87. The first kappa shape index (κ1) is 22.9. The van der Waals surface area contributed by atoms with Gasteiger partial charge in [0.05, 0.1) is 10.5 Å². The van der Waals surface area contributed by atoms with Crippen LogP contribution in [-0.4, -0.2) is 44.8 Å². The summed E-state index contributed by atoms with van der Waals surface area (Å²) in [6.07, 6.45) is 0. The van der Waals surface area contributed by atoms with Crippen LogP contribution in [0.1, 0.15) is 21.5 Å². The van der Waals surface area contributed by atoms with Gasteiger partial charge in [0.1, 0.15) is 5.82 Å². The van der Waals surface area contributed by atoms with Crippen molar-refractivity contribution >= 4 is 27.3 Å². The molecule has 0 spiro atoms. The van der Waals surface area contributed by atoms with E-state index in [2.05, 4.69) is 10.2 Å². The largest absolute Gasteiger partial charge is 0.369 e. The van der Waals surface area contributed by atoms with Crippen molar-refractivity contribution in [3.63, 3.8) is 0 Å². The molecule has 4 rings (SSSR count). The van der Waals surface area contributed by atoms with Gasteiger partial charge in [0.2, 0.25) is 10.0 Å². The first-order valence-electron chi connectivity index (χ1n) is 10.7. The summed E-state index contributed by atoms with van der Waals surface area (Å²) in [6.45, 7) is 5.42. The second-order valence-electron chi connectivity index (χ2n) is 8.14. The number of para-hydroxylation sites is 1. The highest BCUT2D eigenvalue weighted by molar-refractivity contribution is 7.89. The van der Waals surface area contributed by atoms with E-state index in [1.807, 2.05) is 56.3 Å². The van der Waals surface area contributed by atoms with Crippen LogP contribution < -0.4 is 10.2 Å². The number of anilines is 2. The zero-order valence-electron chi connectivity index (χ0n) is 18.6. The van der Waals surface area contributed by atoms with Crippen LogP contribution >= 0.6 is 0 Å². The van der Waals surface area contributed by atoms with Crippen LogP contribution in [0.2, 0.25) is 0 Å². The van der Waals surface area contributed by atoms with E-state index in [9.17, 15) is 17.6 Å². The van der Waals surface area contributed by atoms with Crippen molar-refractivity contribution in [3.05, 3.63) is 89.2 Å². The van der Waals surface area contributed by atoms with Crippen LogP contribution in [0, 0.1) is 19.7 Å². The van der Waals surface area contributed by atoms with E-state index >= 15 is 0 Å². The summed E-state index contributed by atoms with van der Waals surface area (Å²) < 4.78 is 42.3. The number of rotatable bonds is 5. The maximum atomic E-state index is 14.5. The lowest BCUT2D eigenvalue weighted by Crippen LogP contribution is -2.48. The Hall–Kier alpha value is -3.23. The summed E-state index contributed by atoms with van der Waals surface area (Å²) in [4.78, 5) is 14.8. The number of carbonyl (C=O) groups is 1. The van der Waals surface area contributed by atoms with Gasteiger partial charge >= 0.3 is 0 Å². The van der Waals surface area contributed by atoms with Gasteiger partial charge in [-0.1, -0.05) is 30.3 Å². The molecule has 0 unspecified atom stereocenters. The summed E-state index contributed by atoms with van der Waals surface area (Å²) in [5.41, 5.74) is 3.07. The Balaban J connectivity index is 1.53. The van der Waals surface area contributed by atoms with Gasteiger partial charge in [-0.15, -0.1) is 0 Å². The summed E-state index contributed by atoms with van der Waals surface area (Å²) in [5, 5.41) is 2.70. The minimum absolute atomic E-state index is 0.0943. The zero-order chi connectivity index (χ0) is 23.6. The van der Waals surface area contributed by atoms with E-state index in [0.29, 0.717) is 31.9 Å². The van der Waals surface area contributed by atoms with Crippen molar-refractivity contribution in [2.45, 2.75) is 18.7 Å². The molecular weight excluding hydrogens is 441 g/mol. The number of amides is 1. The molecular formula is C25H26FN3O3S. The molecule has 0 aromatic heterocycles. The summed E-state index contributed by atoms with van der Waals surface area (Å²) in [7, 11) is -3.87. The molecule has 6 nitrogen and oxygen atoms in total. The Morgan fingerprint density at radius 1 is 0.909 bits per heavy atom. The number of hydrogen-bond acceptors (Lipinski definition) is 4. The molecule has 1 fully saturated rings. The smallest absolute Gasteiger partial charge is 0.258 e. The topological polar surface area (TPSA) is 69.7 Å². The van der Waals surface area contributed by atoms with Crippen molar-refractivity contribution in [2.24, 2.45) is 0 Å². The lowest BCUT2D eigenvalue weighted by molar-refractivity contribution is 0.102. The maximum absolute atomic E-state index is 14.5. The Morgan fingerprint density at radius 3 is 2.30 bits per heavy atom. The molecule has 1 aliphatic heterocycles. The van der Waals surface area contributed by atoms with Crippen molar-refractivity contribution in [3.8, 4) is 0 Å². The Morgan fingerprint density at radius 2 is 1.61 bits per heavy atom. The Labute approximate surface area is 193 Å². The van der Waals surface area contributed by atoms with E-state index < -0.39 is 21.7 Å². The normalized spacial score (nSPS) is 14.8. The van der Waals surface area contributed by atoms with Crippen LogP contribution in [0.15, 0.2) is 71.6 Å². The van der Waals surface area contributed by atoms with Crippen molar-refractivity contribution in [1.82, 2.24) is 4.31 Å². The number of carbonyl (C=O) groups excluding carboxylic acids is 1. The quantitative estimate of drug-likeness (QED) is 0.611. The van der Waals surface area contributed by atoms with Crippen LogP contribution in [0.3, 0.4) is 0 Å². The van der Waals surface area contributed by atoms with Crippen LogP contribution in [-0.2, 0) is 10.0 Å². The van der Waals surface area contributed by atoms with Gasteiger partial charge in [-0.25, -0.2) is 12.8 Å². The average Bonchev–Trinajstić information content (AvgIpc) is 2.82. The number of benzene rings is 3. The molecule has 8 heteroatoms. The SMILES string of the molecule is Cc1ccc(C)c(NC(=O)c2cc(S(=O)(=O)N3CCN(c4ccccc4)CC3)ccc2F)c1. The van der Waals surface area contributed by atoms with Gasteiger partial charge in [0.15, 0.2) is 0 Å². The lowest BCUT2D eigenvalue weighted by Gasteiger charge is -2.35. The second-order valence-corrected chi connectivity index (χ2v) is 10.1. The summed E-state index contributed by atoms with van der Waals surface area (Å²) in [6, 6.07) is 18.7. The van der Waals surface area contributed by atoms with Crippen LogP contribution in [0.4, 0.5) is 15.8 Å². The molecule has 0 saturated carbocycles. The molecule has 172 valence electrons. The Bertz CT molecular complexity index is 1270. The highest BCUT2D eigenvalue weighted by Gasteiger charge is 2.30. The fourth-order valence-corrected chi connectivity index (χ4v) is 5.32. The standard InChI is InChI=1S/C25H26FN3O3S/c1-18-8-9-19(2)24(16-18)27-25(30)22-17-21(10-11-23(22)26)33(31,32)29-14-12-28(13-15-29)20-6-4-3-5-7-20/h3-11,16-17H,12-15H2,1-2H3,(H,27,30). The minimum atomic E-state index is -3.87. The third-order valence-corrected chi connectivity index (χ3v) is 7.72. The minimum Gasteiger partial charge on any atom is -0.369 e. The number of halogens is 1. The molecule has 1 saturated heterocycles. The van der Waals surface area contributed by atoms with Gasteiger partial charge in [-0.2, -0.15) is 4.31 Å². The predicted molar refractivity (Wildman–Crippen MR) is 128 cm³/mol. The average molecular weight is 468 g/mol. The van der Waals surface area contributed by atoms with Crippen molar-refractivity contribution in [1.29, 1.82) is 0 Å². The molecule has 0 atom stereocenters. The van der Waals surface area contributed by atoms with Crippen molar-refractivity contribution < 1.29 is 17.6 Å². The first-order valence-corrected chi connectivity index (χ1v) is 12.2. The number of nitrogens with zero attached hydrogens (tertiary/aromatic N) is 2. The number of nitrogens with one attached hydrogen (secondary N) is 1. The zero-order valence-corrected chi connectivity index (χ0v) is 19.4. The van der Waals surface area contributed by atoms with E-state index in [-0.39, 0.29) is 10.5 Å². The molecule has 3 aromatic carbocycles. The van der Waals surface area contributed by atoms with Crippen LogP contribution in [0.5, 0.6) is 0 Å². The fraction of sp³-hybridized carbons (Fsp3) is 0.240. The van der Waals surface area contributed by atoms with E-state index in [1.54, 1.807) is 6.07 Å². The first-order chi connectivity index (χ1) is 15.8. The maximum Gasteiger partial charge on any atom is 0.258 e. The molecule has 1 aliphatic rings. The Kier molecular flexibility index (Phi) is 6.49. The monoisotopic (exact) mass is 467 g/mol. The highest BCUT2D eigenvalue weighted by Crippen LogP contribution is 2.24. The van der Waals surface area contributed by atoms with E-state index in [1.165, 1.54) is 10.4 Å². The highest BCUT2D eigenvalue weighted by atomic mass is 32.2. The van der Waals surface area contributed by atoms with Crippen LogP contribution in [0.25, 0.3) is 0 Å². The molecule has 33 heavy (non-hydrogen) atoms. The van der Waals surface area contributed by atoms with Crippen molar-refractivity contribution in [2.75, 3.05) is 36.4 Å². The van der Waals surface area contributed by atoms with Gasteiger partial charge in [0.25, 0.3) is 5.91 Å². The number of piperazine rings is 1. The summed E-state index contributed by atoms with van der Waals surface area (Å²) in [5.74, 6) is -1.46. The van der Waals surface area contributed by atoms with E-state index in [0.717, 1.165) is 28.9 Å². The number of hydrogen-bond donors (Lipinski definition) is 1. The third-order valence-electron chi connectivity index (χ3n) is 5.82. The molecule has 0 aliphatic carbocycles. The molecule has 0 radical (unpaired) electrons. The van der Waals surface area contributed by atoms with Gasteiger partial charge in [-0.05, 0) is 61.4 Å². The molecule has 1 N–H and O–H groups in total. The lowest BCUT2D eigenvalue weighted by atomic mass is 10.1. The van der Waals surface area contributed by atoms with Gasteiger partial charge in [-0.3, -0.25) is 4.79 Å². The predicted octanol–water partition coefficient (Wildman–Crippen LogP) is 4.21. The molecule has 0 bridgehead atoms. The molecule has 1 amide bonds. The number of aryl methyl sites for hydroxylation is 2. The molecule has 1 heterocycles. The molecule has 3 aromatic rings. The van der Waals surface area contributed by atoms with Gasteiger partial charge < -0.3 is 10.2 Å².